The number of aliphatic hydroxyl groups excluding tert-OH is 1. The van der Waals surface area contributed by atoms with Crippen molar-refractivity contribution < 1.29 is 33.4 Å². The summed E-state index contributed by atoms with van der Waals surface area (Å²) < 4.78 is 17.4. The zero-order valence-electron chi connectivity index (χ0n) is 21.4. The molecule has 0 aliphatic carbocycles. The predicted molar refractivity (Wildman–Crippen MR) is 135 cm³/mol. The molecule has 0 spiro atoms. The molecule has 0 unspecified atom stereocenters. The number of hydrogen-bond donors (Lipinski definition) is 1. The molecule has 8 nitrogen and oxygen atoms in total. The van der Waals surface area contributed by atoms with Gasteiger partial charge in [0.1, 0.15) is 18.1 Å². The van der Waals surface area contributed by atoms with Gasteiger partial charge in [-0.3, -0.25) is 9.59 Å². The maximum absolute atomic E-state index is 13.3. The van der Waals surface area contributed by atoms with E-state index in [1.807, 2.05) is 13.8 Å². The first-order valence-corrected chi connectivity index (χ1v) is 13.5. The van der Waals surface area contributed by atoms with Gasteiger partial charge in [-0.25, -0.2) is 9.69 Å². The molecule has 1 saturated heterocycles. The number of esters is 1. The fourth-order valence-electron chi connectivity index (χ4n) is 4.31. The van der Waals surface area contributed by atoms with Gasteiger partial charge >= 0.3 is 12.1 Å². The minimum absolute atomic E-state index is 0.0367. The van der Waals surface area contributed by atoms with E-state index < -0.39 is 30.0 Å². The summed E-state index contributed by atoms with van der Waals surface area (Å²) in [7, 11) is 0. The third-order valence-electron chi connectivity index (χ3n) is 6.42. The molecule has 0 bridgehead atoms. The fourth-order valence-corrected chi connectivity index (χ4v) is 4.81. The highest BCUT2D eigenvalue weighted by Crippen LogP contribution is 2.35. The van der Waals surface area contributed by atoms with Crippen LogP contribution in [0.15, 0.2) is 15.0 Å². The number of rotatable bonds is 15. The Hall–Kier alpha value is -1.87. The lowest BCUT2D eigenvalue weighted by Crippen LogP contribution is -2.45. The average Bonchev–Trinajstić information content (AvgIpc) is 3.37. The van der Waals surface area contributed by atoms with Crippen LogP contribution in [0, 0.1) is 11.8 Å². The molecule has 2 heterocycles. The van der Waals surface area contributed by atoms with E-state index in [-0.39, 0.29) is 25.2 Å². The topological polar surface area (TPSA) is 106 Å². The second-order valence-corrected chi connectivity index (χ2v) is 10.5. The van der Waals surface area contributed by atoms with Crippen LogP contribution in [0.2, 0.25) is 0 Å². The number of carbonyl (C=O) groups is 3. The summed E-state index contributed by atoms with van der Waals surface area (Å²) in [5, 5.41) is 8.82. The van der Waals surface area contributed by atoms with Crippen LogP contribution in [0.1, 0.15) is 96.7 Å². The molecule has 1 N–H and O–H groups in total. The van der Waals surface area contributed by atoms with Crippen molar-refractivity contribution in [2.75, 3.05) is 13.2 Å². The first kappa shape index (κ1) is 29.4. The van der Waals surface area contributed by atoms with Gasteiger partial charge in [0, 0.05) is 20.0 Å². The van der Waals surface area contributed by atoms with E-state index in [0.29, 0.717) is 5.76 Å². The van der Waals surface area contributed by atoms with E-state index >= 15 is 0 Å². The van der Waals surface area contributed by atoms with Crippen LogP contribution in [0.3, 0.4) is 0 Å². The molecule has 3 atom stereocenters. The highest BCUT2D eigenvalue weighted by Gasteiger charge is 2.44. The predicted octanol–water partition coefficient (Wildman–Crippen LogP) is 5.94. The van der Waals surface area contributed by atoms with E-state index in [2.05, 4.69) is 15.9 Å². The maximum Gasteiger partial charge on any atom is 0.416 e. The van der Waals surface area contributed by atoms with E-state index in [1.54, 1.807) is 13.0 Å². The first-order valence-electron chi connectivity index (χ1n) is 12.7. The number of aryl methyl sites for hydroxylation is 1. The maximum atomic E-state index is 13.3. The van der Waals surface area contributed by atoms with E-state index in [4.69, 9.17) is 19.0 Å². The van der Waals surface area contributed by atoms with Crippen molar-refractivity contribution in [1.82, 2.24) is 4.90 Å². The summed E-state index contributed by atoms with van der Waals surface area (Å²) in [5.41, 5.74) is 0. The van der Waals surface area contributed by atoms with Crippen molar-refractivity contribution in [2.45, 2.75) is 97.6 Å². The Morgan fingerprint density at radius 3 is 2.29 bits per heavy atom. The fraction of sp³-hybridized carbons (Fsp3) is 0.731. The number of halogens is 1. The molecule has 2 rings (SSSR count). The molecule has 1 aliphatic heterocycles. The number of amides is 2. The lowest BCUT2D eigenvalue weighted by Gasteiger charge is -2.28. The van der Waals surface area contributed by atoms with Crippen molar-refractivity contribution in [3.05, 3.63) is 22.1 Å². The summed E-state index contributed by atoms with van der Waals surface area (Å²) in [5.74, 6) is -0.657. The lowest BCUT2D eigenvalue weighted by atomic mass is 9.98. The van der Waals surface area contributed by atoms with E-state index in [1.165, 1.54) is 19.8 Å². The summed E-state index contributed by atoms with van der Waals surface area (Å²) >= 11 is 3.54. The summed E-state index contributed by atoms with van der Waals surface area (Å²) in [6.45, 7) is 7.20. The largest absolute Gasteiger partial charge is 0.461 e. The molecule has 1 aromatic rings. The number of furan rings is 1. The lowest BCUT2D eigenvalue weighted by molar-refractivity contribution is -0.155. The SMILES string of the molecule is CC(=O)O[C@@H](c1cc(Br)c(CCCCCCCCCCO)o1)[C@@H](C)C(=O)N1C(=O)OC[C@H]1C(C)C. The number of nitrogens with zero attached hydrogens (tertiary/aromatic N) is 1. The monoisotopic (exact) mass is 557 g/mol. The molecule has 2 amide bonds. The molecule has 9 heteroatoms. The Morgan fingerprint density at radius 2 is 1.71 bits per heavy atom. The summed E-state index contributed by atoms with van der Waals surface area (Å²) in [6.07, 6.45) is 7.80. The molecule has 1 aliphatic rings. The van der Waals surface area contributed by atoms with Crippen LogP contribution in [-0.2, 0) is 25.5 Å². The number of aliphatic hydroxyl groups is 1. The van der Waals surface area contributed by atoms with Gasteiger partial charge in [-0.15, -0.1) is 0 Å². The minimum Gasteiger partial charge on any atom is -0.461 e. The normalized spacial score (nSPS) is 17.5. The molecule has 1 fully saturated rings. The highest BCUT2D eigenvalue weighted by atomic mass is 79.9. The highest BCUT2D eigenvalue weighted by molar-refractivity contribution is 9.10. The van der Waals surface area contributed by atoms with Gasteiger partial charge in [0.15, 0.2) is 6.10 Å². The zero-order valence-corrected chi connectivity index (χ0v) is 23.0. The average molecular weight is 559 g/mol. The Morgan fingerprint density at radius 1 is 1.11 bits per heavy atom. The summed E-state index contributed by atoms with van der Waals surface area (Å²) in [6, 6.07) is 1.39. The van der Waals surface area contributed by atoms with Gasteiger partial charge in [-0.05, 0) is 47.7 Å². The van der Waals surface area contributed by atoms with Crippen molar-refractivity contribution in [2.24, 2.45) is 11.8 Å². The number of cyclic esters (lactones) is 1. The first-order chi connectivity index (χ1) is 16.7. The second kappa shape index (κ2) is 14.6. The molecule has 1 aromatic heterocycles. The molecule has 0 aromatic carbocycles. The van der Waals surface area contributed by atoms with Crippen molar-refractivity contribution in [3.63, 3.8) is 0 Å². The van der Waals surface area contributed by atoms with Crippen LogP contribution >= 0.6 is 15.9 Å². The number of carbonyl (C=O) groups excluding carboxylic acids is 3. The third kappa shape index (κ3) is 8.63. The molecule has 0 saturated carbocycles. The third-order valence-corrected chi connectivity index (χ3v) is 7.09. The standard InChI is InChI=1S/C26H40BrNO7/c1-17(2)21-16-33-26(32)28(21)25(31)18(3)24(34-19(4)30)23-15-20(27)22(35-23)13-11-9-7-5-6-8-10-12-14-29/h15,17-18,21,24,29H,5-14,16H2,1-4H3/t18-,21+,24-/m1/s1. The van der Waals surface area contributed by atoms with Crippen LogP contribution < -0.4 is 0 Å². The van der Waals surface area contributed by atoms with Crippen LogP contribution in [-0.4, -0.2) is 47.2 Å². The Bertz CT molecular complexity index is 838. The molecular weight excluding hydrogens is 518 g/mol. The Kier molecular flexibility index (Phi) is 12.3. The van der Waals surface area contributed by atoms with Crippen LogP contribution in [0.5, 0.6) is 0 Å². The molecule has 0 radical (unpaired) electrons. The number of imide groups is 1. The zero-order chi connectivity index (χ0) is 26.0. The van der Waals surface area contributed by atoms with Gasteiger partial charge < -0.3 is 19.0 Å². The Labute approximate surface area is 216 Å². The van der Waals surface area contributed by atoms with Gasteiger partial charge in [0.2, 0.25) is 5.91 Å². The van der Waals surface area contributed by atoms with Crippen LogP contribution in [0.4, 0.5) is 4.79 Å². The molecule has 198 valence electrons. The quantitative estimate of drug-likeness (QED) is 0.210. The van der Waals surface area contributed by atoms with E-state index in [9.17, 15) is 14.4 Å². The van der Waals surface area contributed by atoms with Gasteiger partial charge in [0.05, 0.1) is 16.4 Å². The van der Waals surface area contributed by atoms with Crippen molar-refractivity contribution >= 4 is 33.9 Å². The number of ether oxygens (including phenoxy) is 2. The van der Waals surface area contributed by atoms with E-state index in [0.717, 1.165) is 60.1 Å². The van der Waals surface area contributed by atoms with Crippen molar-refractivity contribution in [1.29, 1.82) is 0 Å². The van der Waals surface area contributed by atoms with Crippen LogP contribution in [0.25, 0.3) is 0 Å². The molecular formula is C26H40BrNO7. The second-order valence-electron chi connectivity index (χ2n) is 9.64. The van der Waals surface area contributed by atoms with Crippen molar-refractivity contribution in [3.8, 4) is 0 Å². The minimum atomic E-state index is -0.954. The number of unbranched alkanes of at least 4 members (excludes halogenated alkanes) is 7. The molecule has 35 heavy (non-hydrogen) atoms. The summed E-state index contributed by atoms with van der Waals surface area (Å²) in [4.78, 5) is 38.6. The Balaban J connectivity index is 2.00. The van der Waals surface area contributed by atoms with Gasteiger partial charge in [0.25, 0.3) is 0 Å². The smallest absolute Gasteiger partial charge is 0.416 e. The number of hydrogen-bond acceptors (Lipinski definition) is 7. The van der Waals surface area contributed by atoms with Gasteiger partial charge in [-0.2, -0.15) is 0 Å². The van der Waals surface area contributed by atoms with Gasteiger partial charge in [-0.1, -0.05) is 52.4 Å².